The molecule has 0 bridgehead atoms. The minimum Gasteiger partial charge on any atom is -0.465 e. The third-order valence-corrected chi connectivity index (χ3v) is 2.43. The van der Waals surface area contributed by atoms with Gasteiger partial charge in [-0.05, 0) is 37.6 Å². The van der Waals surface area contributed by atoms with Crippen LogP contribution in [0, 0.1) is 0 Å². The molecule has 1 rings (SSSR count). The standard InChI is InChI=1S/C14H19NO2/c1-3-4-5-10-15-11-12-6-8-13(9-7-12)14(16)17-2/h3-4,6-9,15H,5,10-11H2,1-2H3/b4-3+. The molecule has 1 N–H and O–H groups in total. The second kappa shape index (κ2) is 7.63. The van der Waals surface area contributed by atoms with Gasteiger partial charge in [0.1, 0.15) is 0 Å². The van der Waals surface area contributed by atoms with Crippen LogP contribution in [0.1, 0.15) is 29.3 Å². The van der Waals surface area contributed by atoms with Crippen LogP contribution >= 0.6 is 0 Å². The largest absolute Gasteiger partial charge is 0.465 e. The van der Waals surface area contributed by atoms with Gasteiger partial charge in [-0.1, -0.05) is 24.3 Å². The number of rotatable bonds is 6. The van der Waals surface area contributed by atoms with Crippen molar-refractivity contribution in [1.82, 2.24) is 5.32 Å². The Morgan fingerprint density at radius 2 is 2.06 bits per heavy atom. The quantitative estimate of drug-likeness (QED) is 0.466. The van der Waals surface area contributed by atoms with E-state index in [9.17, 15) is 4.79 Å². The van der Waals surface area contributed by atoms with E-state index in [0.717, 1.165) is 25.1 Å². The van der Waals surface area contributed by atoms with Crippen molar-refractivity contribution in [1.29, 1.82) is 0 Å². The third kappa shape index (κ3) is 4.83. The van der Waals surface area contributed by atoms with Gasteiger partial charge >= 0.3 is 5.97 Å². The van der Waals surface area contributed by atoms with Crippen LogP contribution < -0.4 is 5.32 Å². The number of benzene rings is 1. The Kier molecular flexibility index (Phi) is 6.04. The van der Waals surface area contributed by atoms with Crippen LogP contribution in [-0.2, 0) is 11.3 Å². The molecule has 0 aliphatic rings. The summed E-state index contributed by atoms with van der Waals surface area (Å²) in [5.41, 5.74) is 1.75. The van der Waals surface area contributed by atoms with E-state index in [2.05, 4.69) is 16.1 Å². The number of carbonyl (C=O) groups is 1. The third-order valence-electron chi connectivity index (χ3n) is 2.43. The van der Waals surface area contributed by atoms with Crippen molar-refractivity contribution >= 4 is 5.97 Å². The Hall–Kier alpha value is -1.61. The van der Waals surface area contributed by atoms with Crippen molar-refractivity contribution in [3.63, 3.8) is 0 Å². The lowest BCUT2D eigenvalue weighted by atomic mass is 10.1. The van der Waals surface area contributed by atoms with E-state index in [-0.39, 0.29) is 5.97 Å². The SMILES string of the molecule is C/C=C/CCNCc1ccc(C(=O)OC)cc1. The highest BCUT2D eigenvalue weighted by molar-refractivity contribution is 5.89. The molecule has 0 saturated carbocycles. The van der Waals surface area contributed by atoms with Crippen molar-refractivity contribution in [3.05, 3.63) is 47.5 Å². The van der Waals surface area contributed by atoms with Crippen LogP contribution in [-0.4, -0.2) is 19.6 Å². The number of carbonyl (C=O) groups excluding carboxylic acids is 1. The van der Waals surface area contributed by atoms with E-state index in [1.807, 2.05) is 25.1 Å². The van der Waals surface area contributed by atoms with Crippen molar-refractivity contribution in [3.8, 4) is 0 Å². The number of esters is 1. The molecular weight excluding hydrogens is 214 g/mol. The highest BCUT2D eigenvalue weighted by atomic mass is 16.5. The van der Waals surface area contributed by atoms with Crippen LogP contribution in [0.4, 0.5) is 0 Å². The summed E-state index contributed by atoms with van der Waals surface area (Å²) < 4.78 is 4.64. The topological polar surface area (TPSA) is 38.3 Å². The fourth-order valence-electron chi connectivity index (χ4n) is 1.46. The van der Waals surface area contributed by atoms with Gasteiger partial charge in [0.25, 0.3) is 0 Å². The summed E-state index contributed by atoms with van der Waals surface area (Å²) >= 11 is 0. The van der Waals surface area contributed by atoms with E-state index >= 15 is 0 Å². The summed E-state index contributed by atoms with van der Waals surface area (Å²) in [7, 11) is 1.39. The zero-order chi connectivity index (χ0) is 12.5. The Bertz CT molecular complexity index is 368. The molecule has 3 heteroatoms. The van der Waals surface area contributed by atoms with E-state index in [0.29, 0.717) is 5.56 Å². The first-order chi connectivity index (χ1) is 8.27. The van der Waals surface area contributed by atoms with E-state index < -0.39 is 0 Å². The van der Waals surface area contributed by atoms with Crippen LogP contribution in [0.5, 0.6) is 0 Å². The van der Waals surface area contributed by atoms with Gasteiger partial charge in [-0.2, -0.15) is 0 Å². The molecule has 0 unspecified atom stereocenters. The number of hydrogen-bond acceptors (Lipinski definition) is 3. The van der Waals surface area contributed by atoms with E-state index in [4.69, 9.17) is 0 Å². The van der Waals surface area contributed by atoms with Gasteiger partial charge < -0.3 is 10.1 Å². The Labute approximate surface area is 102 Å². The molecule has 0 aliphatic carbocycles. The van der Waals surface area contributed by atoms with Crippen molar-refractivity contribution in [2.45, 2.75) is 19.9 Å². The highest BCUT2D eigenvalue weighted by Gasteiger charge is 2.03. The van der Waals surface area contributed by atoms with Crippen molar-refractivity contribution < 1.29 is 9.53 Å². The molecule has 3 nitrogen and oxygen atoms in total. The Morgan fingerprint density at radius 1 is 1.35 bits per heavy atom. The lowest BCUT2D eigenvalue weighted by molar-refractivity contribution is 0.0600. The zero-order valence-electron chi connectivity index (χ0n) is 10.4. The number of allylic oxidation sites excluding steroid dienone is 1. The van der Waals surface area contributed by atoms with Gasteiger partial charge in [-0.15, -0.1) is 0 Å². The molecule has 0 radical (unpaired) electrons. The molecule has 0 aromatic heterocycles. The average molecular weight is 233 g/mol. The smallest absolute Gasteiger partial charge is 0.337 e. The summed E-state index contributed by atoms with van der Waals surface area (Å²) in [4.78, 5) is 11.2. The minimum atomic E-state index is -0.294. The lowest BCUT2D eigenvalue weighted by Crippen LogP contribution is -2.14. The molecule has 17 heavy (non-hydrogen) atoms. The molecular formula is C14H19NO2. The molecule has 0 aliphatic heterocycles. The first-order valence-corrected chi connectivity index (χ1v) is 5.77. The number of hydrogen-bond donors (Lipinski definition) is 1. The second-order valence-electron chi connectivity index (χ2n) is 3.72. The molecule has 1 aromatic rings. The molecule has 0 amide bonds. The first-order valence-electron chi connectivity index (χ1n) is 5.77. The maximum absolute atomic E-state index is 11.2. The van der Waals surface area contributed by atoms with Crippen LogP contribution in [0.25, 0.3) is 0 Å². The molecule has 0 atom stereocenters. The predicted octanol–water partition coefficient (Wildman–Crippen LogP) is 2.53. The maximum atomic E-state index is 11.2. The van der Waals surface area contributed by atoms with Gasteiger partial charge in [0, 0.05) is 6.54 Å². The molecule has 0 fully saturated rings. The van der Waals surface area contributed by atoms with Gasteiger partial charge in [0.2, 0.25) is 0 Å². The van der Waals surface area contributed by atoms with Gasteiger partial charge in [-0.3, -0.25) is 0 Å². The predicted molar refractivity (Wildman–Crippen MR) is 68.9 cm³/mol. The van der Waals surface area contributed by atoms with Gasteiger partial charge in [0.15, 0.2) is 0 Å². The molecule has 0 saturated heterocycles. The van der Waals surface area contributed by atoms with E-state index in [1.165, 1.54) is 7.11 Å². The molecule has 1 aromatic carbocycles. The van der Waals surface area contributed by atoms with E-state index in [1.54, 1.807) is 12.1 Å². The van der Waals surface area contributed by atoms with Crippen LogP contribution in [0.3, 0.4) is 0 Å². The summed E-state index contributed by atoms with van der Waals surface area (Å²) in [6.07, 6.45) is 5.22. The first kappa shape index (κ1) is 13.5. The minimum absolute atomic E-state index is 0.294. The Balaban J connectivity index is 2.38. The van der Waals surface area contributed by atoms with Crippen molar-refractivity contribution in [2.24, 2.45) is 0 Å². The fourth-order valence-corrected chi connectivity index (χ4v) is 1.46. The molecule has 0 spiro atoms. The Morgan fingerprint density at radius 3 is 2.65 bits per heavy atom. The highest BCUT2D eigenvalue weighted by Crippen LogP contribution is 2.05. The number of ether oxygens (including phenoxy) is 1. The second-order valence-corrected chi connectivity index (χ2v) is 3.72. The van der Waals surface area contributed by atoms with Crippen LogP contribution in [0.15, 0.2) is 36.4 Å². The van der Waals surface area contributed by atoms with Crippen molar-refractivity contribution in [2.75, 3.05) is 13.7 Å². The van der Waals surface area contributed by atoms with Gasteiger partial charge in [0.05, 0.1) is 12.7 Å². The van der Waals surface area contributed by atoms with Crippen LogP contribution in [0.2, 0.25) is 0 Å². The zero-order valence-corrected chi connectivity index (χ0v) is 10.4. The maximum Gasteiger partial charge on any atom is 0.337 e. The summed E-state index contributed by atoms with van der Waals surface area (Å²) in [6, 6.07) is 7.45. The fraction of sp³-hybridized carbons (Fsp3) is 0.357. The van der Waals surface area contributed by atoms with Gasteiger partial charge in [-0.25, -0.2) is 4.79 Å². The molecule has 92 valence electrons. The lowest BCUT2D eigenvalue weighted by Gasteiger charge is -2.04. The normalized spacial score (nSPS) is 10.7. The monoisotopic (exact) mass is 233 g/mol. The number of methoxy groups -OCH3 is 1. The summed E-state index contributed by atoms with van der Waals surface area (Å²) in [6.45, 7) is 3.80. The average Bonchev–Trinajstić information content (AvgIpc) is 2.38. The number of nitrogens with one attached hydrogen (secondary N) is 1. The molecule has 0 heterocycles. The summed E-state index contributed by atoms with van der Waals surface area (Å²) in [5.74, 6) is -0.294. The summed E-state index contributed by atoms with van der Waals surface area (Å²) in [5, 5.41) is 3.33.